The highest BCUT2D eigenvalue weighted by Gasteiger charge is 2.08. The van der Waals surface area contributed by atoms with Gasteiger partial charge in [0.25, 0.3) is 5.91 Å². The lowest BCUT2D eigenvalue weighted by Crippen LogP contribution is -2.15. The van der Waals surface area contributed by atoms with Gasteiger partial charge < -0.3 is 20.1 Å². The van der Waals surface area contributed by atoms with Crippen molar-refractivity contribution >= 4 is 29.0 Å². The summed E-state index contributed by atoms with van der Waals surface area (Å²) in [7, 11) is 1.62. The van der Waals surface area contributed by atoms with E-state index in [1.165, 1.54) is 0 Å². The quantitative estimate of drug-likeness (QED) is 0.548. The fourth-order valence-electron chi connectivity index (χ4n) is 2.46. The fourth-order valence-corrected chi connectivity index (χ4v) is 2.65. The first-order valence-electron chi connectivity index (χ1n) is 8.68. The summed E-state index contributed by atoms with van der Waals surface area (Å²) >= 11 is 5.94. The van der Waals surface area contributed by atoms with Gasteiger partial charge in [-0.2, -0.15) is 0 Å². The number of methoxy groups -OCH3 is 1. The highest BCUT2D eigenvalue weighted by molar-refractivity contribution is 6.30. The fraction of sp³-hybridized carbons (Fsp3) is 0.143. The molecule has 0 unspecified atom stereocenters. The lowest BCUT2D eigenvalue weighted by Gasteiger charge is -2.10. The van der Waals surface area contributed by atoms with Gasteiger partial charge in [0.2, 0.25) is 0 Å². The molecule has 28 heavy (non-hydrogen) atoms. The van der Waals surface area contributed by atoms with Crippen molar-refractivity contribution in [1.82, 2.24) is 4.98 Å². The maximum atomic E-state index is 12.4. The molecule has 3 aromatic rings. The van der Waals surface area contributed by atoms with Gasteiger partial charge in [-0.1, -0.05) is 17.7 Å². The molecule has 0 aliphatic carbocycles. The molecule has 6 nitrogen and oxygen atoms in total. The summed E-state index contributed by atoms with van der Waals surface area (Å²) in [4.78, 5) is 16.6. The van der Waals surface area contributed by atoms with Gasteiger partial charge >= 0.3 is 0 Å². The molecule has 0 radical (unpaired) electrons. The Labute approximate surface area is 168 Å². The number of anilines is 2. The Bertz CT molecular complexity index is 932. The zero-order chi connectivity index (χ0) is 19.8. The molecule has 144 valence electrons. The minimum absolute atomic E-state index is 0.234. The Kier molecular flexibility index (Phi) is 6.70. The topological polar surface area (TPSA) is 72.5 Å². The summed E-state index contributed by atoms with van der Waals surface area (Å²) in [5, 5.41) is 6.52. The highest BCUT2D eigenvalue weighted by atomic mass is 35.5. The van der Waals surface area contributed by atoms with Crippen molar-refractivity contribution in [2.24, 2.45) is 0 Å². The van der Waals surface area contributed by atoms with E-state index in [1.54, 1.807) is 49.7 Å². The average molecular weight is 398 g/mol. The number of hydrogen-bond acceptors (Lipinski definition) is 5. The van der Waals surface area contributed by atoms with Crippen LogP contribution in [0.25, 0.3) is 0 Å². The highest BCUT2D eigenvalue weighted by Crippen LogP contribution is 2.18. The molecule has 0 atom stereocenters. The van der Waals surface area contributed by atoms with Gasteiger partial charge in [0, 0.05) is 22.5 Å². The zero-order valence-electron chi connectivity index (χ0n) is 15.3. The molecule has 1 aromatic heterocycles. The smallest absolute Gasteiger partial charge is 0.255 e. The Hall–Kier alpha value is -3.25. The van der Waals surface area contributed by atoms with Crippen molar-refractivity contribution in [2.75, 3.05) is 30.9 Å². The van der Waals surface area contributed by atoms with Crippen LogP contribution in [0.5, 0.6) is 11.5 Å². The van der Waals surface area contributed by atoms with E-state index in [4.69, 9.17) is 21.1 Å². The lowest BCUT2D eigenvalue weighted by molar-refractivity contribution is 0.102. The summed E-state index contributed by atoms with van der Waals surface area (Å²) in [5.74, 6) is 1.90. The van der Waals surface area contributed by atoms with E-state index in [-0.39, 0.29) is 5.91 Å². The van der Waals surface area contributed by atoms with Gasteiger partial charge in [-0.25, -0.2) is 4.98 Å². The third kappa shape index (κ3) is 5.62. The van der Waals surface area contributed by atoms with Gasteiger partial charge in [-0.15, -0.1) is 0 Å². The molecule has 0 saturated heterocycles. The maximum absolute atomic E-state index is 12.4. The van der Waals surface area contributed by atoms with Crippen LogP contribution in [0.2, 0.25) is 5.02 Å². The number of aromatic nitrogens is 1. The molecule has 0 bridgehead atoms. The molecule has 0 aliphatic heterocycles. The van der Waals surface area contributed by atoms with Crippen molar-refractivity contribution in [3.05, 3.63) is 77.4 Å². The predicted molar refractivity (Wildman–Crippen MR) is 111 cm³/mol. The second-order valence-corrected chi connectivity index (χ2v) is 6.28. The van der Waals surface area contributed by atoms with Gasteiger partial charge in [-0.05, 0) is 54.6 Å². The molecular weight excluding hydrogens is 378 g/mol. The minimum atomic E-state index is -0.234. The van der Waals surface area contributed by atoms with Crippen LogP contribution < -0.4 is 20.1 Å². The number of hydrogen-bond donors (Lipinski definition) is 2. The molecule has 7 heteroatoms. The van der Waals surface area contributed by atoms with Crippen molar-refractivity contribution in [3.63, 3.8) is 0 Å². The molecule has 1 heterocycles. The van der Waals surface area contributed by atoms with E-state index in [1.807, 2.05) is 24.3 Å². The van der Waals surface area contributed by atoms with E-state index in [2.05, 4.69) is 15.6 Å². The van der Waals surface area contributed by atoms with E-state index in [0.29, 0.717) is 35.2 Å². The Balaban J connectivity index is 1.50. The number of benzene rings is 2. The summed E-state index contributed by atoms with van der Waals surface area (Å²) in [5.41, 5.74) is 1.13. The maximum Gasteiger partial charge on any atom is 0.255 e. The van der Waals surface area contributed by atoms with Crippen LogP contribution in [-0.2, 0) is 0 Å². The van der Waals surface area contributed by atoms with Crippen LogP contribution in [0.15, 0.2) is 66.9 Å². The SMILES string of the molecule is COc1ccc(OCCNc2cc(C(=O)Nc3cccc(Cl)c3)ccn2)cc1. The van der Waals surface area contributed by atoms with E-state index in [9.17, 15) is 4.79 Å². The number of ether oxygens (including phenoxy) is 2. The molecule has 0 spiro atoms. The second kappa shape index (κ2) is 9.62. The van der Waals surface area contributed by atoms with Crippen molar-refractivity contribution in [2.45, 2.75) is 0 Å². The van der Waals surface area contributed by atoms with E-state index >= 15 is 0 Å². The summed E-state index contributed by atoms with van der Waals surface area (Å²) in [6.07, 6.45) is 1.58. The summed E-state index contributed by atoms with van der Waals surface area (Å²) in [6, 6.07) is 17.7. The van der Waals surface area contributed by atoms with Crippen LogP contribution >= 0.6 is 11.6 Å². The standard InChI is InChI=1S/C21H20ClN3O3/c1-27-18-5-7-19(8-6-18)28-12-11-24-20-13-15(9-10-23-20)21(26)25-17-4-2-3-16(22)14-17/h2-10,13-14H,11-12H2,1H3,(H,23,24)(H,25,26). The number of pyridine rings is 1. The minimum Gasteiger partial charge on any atom is -0.497 e. The van der Waals surface area contributed by atoms with Crippen molar-refractivity contribution in [3.8, 4) is 11.5 Å². The number of rotatable bonds is 8. The predicted octanol–water partition coefficient (Wildman–Crippen LogP) is 4.49. The number of carbonyl (C=O) groups excluding carboxylic acids is 1. The largest absolute Gasteiger partial charge is 0.497 e. The molecule has 1 amide bonds. The van der Waals surface area contributed by atoms with Crippen LogP contribution in [0.1, 0.15) is 10.4 Å². The average Bonchev–Trinajstić information content (AvgIpc) is 2.72. The van der Waals surface area contributed by atoms with Crippen LogP contribution in [0, 0.1) is 0 Å². The van der Waals surface area contributed by atoms with Crippen molar-refractivity contribution < 1.29 is 14.3 Å². The third-order valence-electron chi connectivity index (χ3n) is 3.84. The first-order chi connectivity index (χ1) is 13.6. The number of nitrogens with zero attached hydrogens (tertiary/aromatic N) is 1. The molecule has 2 aromatic carbocycles. The Morgan fingerprint density at radius 1 is 1.07 bits per heavy atom. The second-order valence-electron chi connectivity index (χ2n) is 5.84. The molecule has 0 saturated carbocycles. The summed E-state index contributed by atoms with van der Waals surface area (Å²) < 4.78 is 10.8. The molecule has 3 rings (SSSR count). The van der Waals surface area contributed by atoms with E-state index in [0.717, 1.165) is 11.5 Å². The normalized spacial score (nSPS) is 10.2. The first-order valence-corrected chi connectivity index (χ1v) is 9.05. The molecule has 0 aliphatic rings. The number of halogens is 1. The van der Waals surface area contributed by atoms with Gasteiger partial charge in [0.05, 0.1) is 13.7 Å². The monoisotopic (exact) mass is 397 g/mol. The molecule has 2 N–H and O–H groups in total. The number of nitrogens with one attached hydrogen (secondary N) is 2. The van der Waals surface area contributed by atoms with Gasteiger partial charge in [0.15, 0.2) is 0 Å². The Morgan fingerprint density at radius 3 is 2.61 bits per heavy atom. The van der Waals surface area contributed by atoms with Crippen molar-refractivity contribution in [1.29, 1.82) is 0 Å². The lowest BCUT2D eigenvalue weighted by atomic mass is 10.2. The van der Waals surface area contributed by atoms with Crippen LogP contribution in [0.3, 0.4) is 0 Å². The molecule has 0 fully saturated rings. The first kappa shape index (κ1) is 19.5. The number of carbonyl (C=O) groups is 1. The third-order valence-corrected chi connectivity index (χ3v) is 4.08. The summed E-state index contributed by atoms with van der Waals surface area (Å²) in [6.45, 7) is 0.991. The van der Waals surface area contributed by atoms with Gasteiger partial charge in [0.1, 0.15) is 23.9 Å². The molecular formula is C21H20ClN3O3. The zero-order valence-corrected chi connectivity index (χ0v) is 16.1. The van der Waals surface area contributed by atoms with Crippen LogP contribution in [-0.4, -0.2) is 31.2 Å². The Morgan fingerprint density at radius 2 is 1.86 bits per heavy atom. The van der Waals surface area contributed by atoms with Gasteiger partial charge in [-0.3, -0.25) is 4.79 Å². The van der Waals surface area contributed by atoms with E-state index < -0.39 is 0 Å². The van der Waals surface area contributed by atoms with Crippen LogP contribution in [0.4, 0.5) is 11.5 Å². The number of amides is 1.